The van der Waals surface area contributed by atoms with E-state index < -0.39 is 0 Å². The van der Waals surface area contributed by atoms with Crippen LogP contribution in [0, 0.1) is 0 Å². The summed E-state index contributed by atoms with van der Waals surface area (Å²) >= 11 is 0. The van der Waals surface area contributed by atoms with Crippen LogP contribution in [0.4, 0.5) is 11.4 Å². The standard InChI is InChI=1S/C13H19N3O/c1-13(2)4-3-5-16(13)12(17)9-6-10(14)8-11(15)7-9/h6-8H,3-5,14-15H2,1-2H3. The van der Waals surface area contributed by atoms with E-state index in [0.717, 1.165) is 19.4 Å². The fraction of sp³-hybridized carbons (Fsp3) is 0.462. The minimum atomic E-state index is -0.0730. The molecule has 4 N–H and O–H groups in total. The largest absolute Gasteiger partial charge is 0.399 e. The zero-order valence-corrected chi connectivity index (χ0v) is 10.4. The Morgan fingerprint density at radius 3 is 2.29 bits per heavy atom. The van der Waals surface area contributed by atoms with Crippen molar-refractivity contribution in [3.8, 4) is 0 Å². The quantitative estimate of drug-likeness (QED) is 0.727. The number of anilines is 2. The molecule has 0 bridgehead atoms. The minimum Gasteiger partial charge on any atom is -0.399 e. The zero-order valence-electron chi connectivity index (χ0n) is 10.4. The maximum absolute atomic E-state index is 12.4. The minimum absolute atomic E-state index is 0.0199. The second-order valence-corrected chi connectivity index (χ2v) is 5.26. The third kappa shape index (κ3) is 2.20. The zero-order chi connectivity index (χ0) is 12.6. The summed E-state index contributed by atoms with van der Waals surface area (Å²) in [7, 11) is 0. The molecule has 0 aromatic heterocycles. The van der Waals surface area contributed by atoms with Crippen molar-refractivity contribution in [2.24, 2.45) is 0 Å². The second kappa shape index (κ2) is 3.95. The third-order valence-corrected chi connectivity index (χ3v) is 3.37. The molecule has 0 spiro atoms. The van der Waals surface area contributed by atoms with Crippen molar-refractivity contribution in [3.63, 3.8) is 0 Å². The summed E-state index contributed by atoms with van der Waals surface area (Å²) in [6.07, 6.45) is 2.09. The number of benzene rings is 1. The van der Waals surface area contributed by atoms with Crippen molar-refractivity contribution in [2.75, 3.05) is 18.0 Å². The third-order valence-electron chi connectivity index (χ3n) is 3.37. The topological polar surface area (TPSA) is 72.3 Å². The maximum atomic E-state index is 12.4. The first-order valence-electron chi connectivity index (χ1n) is 5.88. The molecule has 1 saturated heterocycles. The van der Waals surface area contributed by atoms with Crippen molar-refractivity contribution in [1.82, 2.24) is 4.90 Å². The van der Waals surface area contributed by atoms with Crippen LogP contribution in [0.15, 0.2) is 18.2 Å². The highest BCUT2D eigenvalue weighted by Crippen LogP contribution is 2.30. The van der Waals surface area contributed by atoms with E-state index in [1.165, 1.54) is 0 Å². The molecule has 1 heterocycles. The molecule has 1 aromatic rings. The van der Waals surface area contributed by atoms with Gasteiger partial charge in [-0.15, -0.1) is 0 Å². The predicted octanol–water partition coefficient (Wildman–Crippen LogP) is 1.87. The molecule has 0 saturated carbocycles. The Balaban J connectivity index is 2.31. The molecule has 1 aliphatic rings. The summed E-state index contributed by atoms with van der Waals surface area (Å²) in [5.41, 5.74) is 13.0. The Morgan fingerprint density at radius 2 is 1.82 bits per heavy atom. The van der Waals surface area contributed by atoms with Crippen LogP contribution in [0.3, 0.4) is 0 Å². The van der Waals surface area contributed by atoms with Gasteiger partial charge in [0.2, 0.25) is 0 Å². The summed E-state index contributed by atoms with van der Waals surface area (Å²) < 4.78 is 0. The van der Waals surface area contributed by atoms with Gasteiger partial charge in [-0.25, -0.2) is 0 Å². The average molecular weight is 233 g/mol. The number of amides is 1. The summed E-state index contributed by atoms with van der Waals surface area (Å²) in [6.45, 7) is 4.99. The lowest BCUT2D eigenvalue weighted by Gasteiger charge is -2.31. The number of carbonyl (C=O) groups excluding carboxylic acids is 1. The number of nitrogen functional groups attached to an aromatic ring is 2. The Morgan fingerprint density at radius 1 is 1.24 bits per heavy atom. The van der Waals surface area contributed by atoms with Crippen molar-refractivity contribution in [2.45, 2.75) is 32.2 Å². The van der Waals surface area contributed by atoms with Gasteiger partial charge in [0.1, 0.15) is 0 Å². The molecule has 2 rings (SSSR count). The maximum Gasteiger partial charge on any atom is 0.254 e. The monoisotopic (exact) mass is 233 g/mol. The second-order valence-electron chi connectivity index (χ2n) is 5.26. The Bertz CT molecular complexity index is 434. The molecule has 0 unspecified atom stereocenters. The van der Waals surface area contributed by atoms with E-state index in [1.807, 2.05) is 4.90 Å². The van der Waals surface area contributed by atoms with Gasteiger partial charge in [-0.05, 0) is 44.9 Å². The van der Waals surface area contributed by atoms with Crippen LogP contribution < -0.4 is 11.5 Å². The van der Waals surface area contributed by atoms with Crippen LogP contribution in [0.2, 0.25) is 0 Å². The molecule has 1 fully saturated rings. The van der Waals surface area contributed by atoms with Crippen molar-refractivity contribution in [3.05, 3.63) is 23.8 Å². The van der Waals surface area contributed by atoms with Crippen LogP contribution in [0.25, 0.3) is 0 Å². The summed E-state index contributed by atoms with van der Waals surface area (Å²) in [4.78, 5) is 14.3. The summed E-state index contributed by atoms with van der Waals surface area (Å²) in [6, 6.07) is 5.03. The van der Waals surface area contributed by atoms with E-state index in [4.69, 9.17) is 11.5 Å². The molecule has 92 valence electrons. The van der Waals surface area contributed by atoms with Crippen molar-refractivity contribution < 1.29 is 4.79 Å². The molecular formula is C13H19N3O. The van der Waals surface area contributed by atoms with Gasteiger partial charge in [-0.3, -0.25) is 4.79 Å². The van der Waals surface area contributed by atoms with Gasteiger partial charge >= 0.3 is 0 Å². The normalized spacial score (nSPS) is 18.4. The molecule has 0 atom stereocenters. The van der Waals surface area contributed by atoms with Crippen LogP contribution in [0.1, 0.15) is 37.0 Å². The van der Waals surface area contributed by atoms with E-state index >= 15 is 0 Å². The SMILES string of the molecule is CC1(C)CCCN1C(=O)c1cc(N)cc(N)c1. The van der Waals surface area contributed by atoms with Gasteiger partial charge in [0.15, 0.2) is 0 Å². The van der Waals surface area contributed by atoms with Crippen LogP contribution in [-0.2, 0) is 0 Å². The Labute approximate surface area is 102 Å². The number of hydrogen-bond acceptors (Lipinski definition) is 3. The number of hydrogen-bond donors (Lipinski definition) is 2. The molecular weight excluding hydrogens is 214 g/mol. The first-order chi connectivity index (χ1) is 7.90. The van der Waals surface area contributed by atoms with Gasteiger partial charge in [0, 0.05) is 29.0 Å². The van der Waals surface area contributed by atoms with E-state index in [2.05, 4.69) is 13.8 Å². The molecule has 4 heteroatoms. The summed E-state index contributed by atoms with van der Waals surface area (Å²) in [5, 5.41) is 0. The fourth-order valence-corrected chi connectivity index (χ4v) is 2.44. The van der Waals surface area contributed by atoms with Gasteiger partial charge in [0.25, 0.3) is 5.91 Å². The molecule has 1 aliphatic heterocycles. The van der Waals surface area contributed by atoms with E-state index in [1.54, 1.807) is 18.2 Å². The lowest BCUT2D eigenvalue weighted by Crippen LogP contribution is -2.42. The Kier molecular flexibility index (Phi) is 2.73. The van der Waals surface area contributed by atoms with Crippen molar-refractivity contribution >= 4 is 17.3 Å². The highest BCUT2D eigenvalue weighted by atomic mass is 16.2. The van der Waals surface area contributed by atoms with Crippen LogP contribution >= 0.6 is 0 Å². The highest BCUT2D eigenvalue weighted by Gasteiger charge is 2.35. The molecule has 4 nitrogen and oxygen atoms in total. The smallest absolute Gasteiger partial charge is 0.254 e. The number of likely N-dealkylation sites (tertiary alicyclic amines) is 1. The average Bonchev–Trinajstić information content (AvgIpc) is 2.55. The molecule has 1 amide bonds. The first kappa shape index (κ1) is 11.8. The van der Waals surface area contributed by atoms with Crippen LogP contribution in [-0.4, -0.2) is 22.9 Å². The van der Waals surface area contributed by atoms with Gasteiger partial charge in [-0.1, -0.05) is 0 Å². The summed E-state index contributed by atoms with van der Waals surface area (Å²) in [5.74, 6) is 0.0199. The number of nitrogens with zero attached hydrogens (tertiary/aromatic N) is 1. The lowest BCUT2D eigenvalue weighted by molar-refractivity contribution is 0.0652. The lowest BCUT2D eigenvalue weighted by atomic mass is 10.0. The van der Waals surface area contributed by atoms with Gasteiger partial charge < -0.3 is 16.4 Å². The van der Waals surface area contributed by atoms with Crippen LogP contribution in [0.5, 0.6) is 0 Å². The molecule has 0 aliphatic carbocycles. The van der Waals surface area contributed by atoms with Crippen molar-refractivity contribution in [1.29, 1.82) is 0 Å². The highest BCUT2D eigenvalue weighted by molar-refractivity contribution is 5.96. The number of nitrogens with two attached hydrogens (primary N) is 2. The van der Waals surface area contributed by atoms with E-state index in [-0.39, 0.29) is 11.4 Å². The van der Waals surface area contributed by atoms with Gasteiger partial charge in [-0.2, -0.15) is 0 Å². The van der Waals surface area contributed by atoms with E-state index in [0.29, 0.717) is 16.9 Å². The molecule has 17 heavy (non-hydrogen) atoms. The molecule has 0 radical (unpaired) electrons. The predicted molar refractivity (Wildman–Crippen MR) is 69.6 cm³/mol. The number of rotatable bonds is 1. The van der Waals surface area contributed by atoms with E-state index in [9.17, 15) is 4.79 Å². The number of carbonyl (C=O) groups is 1. The fourth-order valence-electron chi connectivity index (χ4n) is 2.44. The molecule has 1 aromatic carbocycles. The van der Waals surface area contributed by atoms with Gasteiger partial charge in [0.05, 0.1) is 0 Å². The Hall–Kier alpha value is -1.71. The first-order valence-corrected chi connectivity index (χ1v) is 5.88.